The molecule has 2 N–H and O–H groups in total. The second kappa shape index (κ2) is 6.65. The van der Waals surface area contributed by atoms with Gasteiger partial charge in [-0.05, 0) is 31.2 Å². The summed E-state index contributed by atoms with van der Waals surface area (Å²) in [5.74, 6) is 0.612. The molecule has 0 atom stereocenters. The number of benzene rings is 1. The van der Waals surface area contributed by atoms with Gasteiger partial charge in [-0.3, -0.25) is 9.59 Å². The van der Waals surface area contributed by atoms with E-state index in [1.54, 1.807) is 37.4 Å². The van der Waals surface area contributed by atoms with Crippen LogP contribution in [0.5, 0.6) is 0 Å². The summed E-state index contributed by atoms with van der Waals surface area (Å²) in [4.78, 5) is 26.8. The van der Waals surface area contributed by atoms with Crippen LogP contribution in [0.4, 0.5) is 17.2 Å². The molecule has 0 aliphatic heterocycles. The third kappa shape index (κ3) is 4.14. The Morgan fingerprint density at radius 2 is 1.95 bits per heavy atom. The number of rotatable bonds is 5. The molecule has 2 aromatic rings. The highest BCUT2D eigenvalue weighted by atomic mass is 16.1. The predicted molar refractivity (Wildman–Crippen MR) is 82.9 cm³/mol. The Morgan fingerprint density at radius 3 is 2.57 bits per heavy atom. The summed E-state index contributed by atoms with van der Waals surface area (Å²) in [6, 6.07) is 10.8. The van der Waals surface area contributed by atoms with Gasteiger partial charge in [-0.15, -0.1) is 0 Å². The SMILES string of the molecule is CCC(=O)Nc1ccc(Nc2cccc(C(C)=O)c2)nc1. The largest absolute Gasteiger partial charge is 0.340 e. The minimum absolute atomic E-state index is 0.0178. The summed E-state index contributed by atoms with van der Waals surface area (Å²) in [6.07, 6.45) is 2.02. The van der Waals surface area contributed by atoms with Crippen molar-refractivity contribution in [1.29, 1.82) is 0 Å². The van der Waals surface area contributed by atoms with Crippen molar-refractivity contribution in [2.24, 2.45) is 0 Å². The molecule has 0 bridgehead atoms. The van der Waals surface area contributed by atoms with Gasteiger partial charge in [0.15, 0.2) is 5.78 Å². The van der Waals surface area contributed by atoms with Crippen molar-refractivity contribution in [3.8, 4) is 0 Å². The van der Waals surface area contributed by atoms with E-state index in [1.165, 1.54) is 6.92 Å². The molecule has 0 saturated heterocycles. The van der Waals surface area contributed by atoms with Gasteiger partial charge in [-0.1, -0.05) is 19.1 Å². The van der Waals surface area contributed by atoms with E-state index in [0.717, 1.165) is 5.69 Å². The van der Waals surface area contributed by atoms with Crippen LogP contribution in [0.15, 0.2) is 42.6 Å². The number of carbonyl (C=O) groups is 2. The number of aromatic nitrogens is 1. The number of hydrogen-bond acceptors (Lipinski definition) is 4. The van der Waals surface area contributed by atoms with Crippen LogP contribution < -0.4 is 10.6 Å². The first-order chi connectivity index (χ1) is 10.1. The minimum atomic E-state index is -0.0494. The molecule has 1 aromatic carbocycles. The molecule has 1 amide bonds. The van der Waals surface area contributed by atoms with Gasteiger partial charge < -0.3 is 10.6 Å². The Labute approximate surface area is 123 Å². The van der Waals surface area contributed by atoms with E-state index >= 15 is 0 Å². The standard InChI is InChI=1S/C16H17N3O2/c1-3-16(21)19-14-7-8-15(17-10-14)18-13-6-4-5-12(9-13)11(2)20/h4-10H,3H2,1-2H3,(H,17,18)(H,19,21). The lowest BCUT2D eigenvalue weighted by Crippen LogP contribution is -2.09. The van der Waals surface area contributed by atoms with E-state index in [9.17, 15) is 9.59 Å². The molecule has 0 aliphatic carbocycles. The molecule has 0 radical (unpaired) electrons. The quantitative estimate of drug-likeness (QED) is 0.825. The maximum absolute atomic E-state index is 11.3. The van der Waals surface area contributed by atoms with Gasteiger partial charge in [0, 0.05) is 17.7 Å². The molecule has 5 heteroatoms. The monoisotopic (exact) mass is 283 g/mol. The fourth-order valence-electron chi connectivity index (χ4n) is 1.75. The molecular weight excluding hydrogens is 266 g/mol. The molecule has 5 nitrogen and oxygen atoms in total. The Bertz CT molecular complexity index is 651. The van der Waals surface area contributed by atoms with Crippen molar-refractivity contribution in [1.82, 2.24) is 4.98 Å². The maximum Gasteiger partial charge on any atom is 0.224 e. The van der Waals surface area contributed by atoms with Crippen molar-refractivity contribution in [2.45, 2.75) is 20.3 Å². The molecule has 1 aromatic heterocycles. The van der Waals surface area contributed by atoms with Crippen molar-refractivity contribution in [2.75, 3.05) is 10.6 Å². The molecular formula is C16H17N3O2. The van der Waals surface area contributed by atoms with Crippen LogP contribution >= 0.6 is 0 Å². The number of carbonyl (C=O) groups excluding carboxylic acids is 2. The lowest BCUT2D eigenvalue weighted by atomic mass is 10.1. The number of pyridine rings is 1. The van der Waals surface area contributed by atoms with Gasteiger partial charge in [0.2, 0.25) is 5.91 Å². The third-order valence-corrected chi connectivity index (χ3v) is 2.91. The molecule has 2 rings (SSSR count). The van der Waals surface area contributed by atoms with Crippen LogP contribution in [-0.4, -0.2) is 16.7 Å². The second-order valence-electron chi connectivity index (χ2n) is 4.60. The summed E-state index contributed by atoms with van der Waals surface area (Å²) in [7, 11) is 0. The smallest absolute Gasteiger partial charge is 0.224 e. The zero-order valence-electron chi connectivity index (χ0n) is 12.0. The van der Waals surface area contributed by atoms with Crippen LogP contribution in [0.2, 0.25) is 0 Å². The van der Waals surface area contributed by atoms with Gasteiger partial charge in [-0.25, -0.2) is 4.98 Å². The van der Waals surface area contributed by atoms with Crippen LogP contribution in [-0.2, 0) is 4.79 Å². The highest BCUT2D eigenvalue weighted by Gasteiger charge is 2.03. The molecule has 0 saturated carbocycles. The van der Waals surface area contributed by atoms with Gasteiger partial charge in [0.25, 0.3) is 0 Å². The van der Waals surface area contributed by atoms with Crippen LogP contribution in [0.3, 0.4) is 0 Å². The Morgan fingerprint density at radius 1 is 1.14 bits per heavy atom. The number of hydrogen-bond donors (Lipinski definition) is 2. The lowest BCUT2D eigenvalue weighted by Gasteiger charge is -2.08. The van der Waals surface area contributed by atoms with E-state index in [0.29, 0.717) is 23.5 Å². The fourth-order valence-corrected chi connectivity index (χ4v) is 1.75. The van der Waals surface area contributed by atoms with Crippen molar-refractivity contribution >= 4 is 28.9 Å². The molecule has 0 fully saturated rings. The zero-order chi connectivity index (χ0) is 15.2. The minimum Gasteiger partial charge on any atom is -0.340 e. The topological polar surface area (TPSA) is 71.1 Å². The van der Waals surface area contributed by atoms with Crippen molar-refractivity contribution in [3.63, 3.8) is 0 Å². The first-order valence-corrected chi connectivity index (χ1v) is 6.72. The van der Waals surface area contributed by atoms with Crippen molar-refractivity contribution in [3.05, 3.63) is 48.2 Å². The van der Waals surface area contributed by atoms with Crippen molar-refractivity contribution < 1.29 is 9.59 Å². The normalized spacial score (nSPS) is 10.0. The Balaban J connectivity index is 2.08. The Kier molecular flexibility index (Phi) is 4.66. The number of ketones is 1. The third-order valence-electron chi connectivity index (χ3n) is 2.91. The molecule has 0 spiro atoms. The number of Topliss-reactive ketones (excluding diaryl/α,β-unsaturated/α-hetero) is 1. The number of anilines is 3. The number of amides is 1. The van der Waals surface area contributed by atoms with Gasteiger partial charge in [0.1, 0.15) is 5.82 Å². The van der Waals surface area contributed by atoms with Crippen LogP contribution in [0.1, 0.15) is 30.6 Å². The van der Waals surface area contributed by atoms with Crippen LogP contribution in [0, 0.1) is 0 Å². The van der Waals surface area contributed by atoms with E-state index < -0.39 is 0 Å². The highest BCUT2D eigenvalue weighted by molar-refractivity contribution is 5.95. The molecule has 21 heavy (non-hydrogen) atoms. The van der Waals surface area contributed by atoms with E-state index in [-0.39, 0.29) is 11.7 Å². The molecule has 0 unspecified atom stereocenters. The molecule has 0 aliphatic rings. The lowest BCUT2D eigenvalue weighted by molar-refractivity contribution is -0.115. The number of nitrogens with one attached hydrogen (secondary N) is 2. The summed E-state index contributed by atoms with van der Waals surface area (Å²) in [6.45, 7) is 3.32. The van der Waals surface area contributed by atoms with E-state index in [4.69, 9.17) is 0 Å². The average Bonchev–Trinajstić information content (AvgIpc) is 2.49. The molecule has 108 valence electrons. The summed E-state index contributed by atoms with van der Waals surface area (Å²) in [5, 5.41) is 5.85. The van der Waals surface area contributed by atoms with E-state index in [2.05, 4.69) is 15.6 Å². The predicted octanol–water partition coefficient (Wildman–Crippen LogP) is 3.38. The van der Waals surface area contributed by atoms with Gasteiger partial charge >= 0.3 is 0 Å². The summed E-state index contributed by atoms with van der Waals surface area (Å²) >= 11 is 0. The number of nitrogens with zero attached hydrogens (tertiary/aromatic N) is 1. The first-order valence-electron chi connectivity index (χ1n) is 6.72. The first kappa shape index (κ1) is 14.7. The van der Waals surface area contributed by atoms with Gasteiger partial charge in [-0.2, -0.15) is 0 Å². The van der Waals surface area contributed by atoms with E-state index in [1.807, 2.05) is 12.1 Å². The summed E-state index contributed by atoms with van der Waals surface area (Å²) < 4.78 is 0. The summed E-state index contributed by atoms with van der Waals surface area (Å²) in [5.41, 5.74) is 2.09. The second-order valence-corrected chi connectivity index (χ2v) is 4.60. The maximum atomic E-state index is 11.3. The fraction of sp³-hybridized carbons (Fsp3) is 0.188. The molecule has 1 heterocycles. The highest BCUT2D eigenvalue weighted by Crippen LogP contribution is 2.17. The van der Waals surface area contributed by atoms with Gasteiger partial charge in [0.05, 0.1) is 11.9 Å². The van der Waals surface area contributed by atoms with Crippen LogP contribution in [0.25, 0.3) is 0 Å². The zero-order valence-corrected chi connectivity index (χ0v) is 12.0. The Hall–Kier alpha value is -2.69. The average molecular weight is 283 g/mol.